The molecule has 0 spiro atoms. The quantitative estimate of drug-likeness (QED) is 0.402. The van der Waals surface area contributed by atoms with Crippen molar-refractivity contribution in [1.29, 1.82) is 0 Å². The fraction of sp³-hybridized carbons (Fsp3) is 0.0800. The first-order valence-corrected chi connectivity index (χ1v) is 10.5. The maximum absolute atomic E-state index is 13.1. The minimum absolute atomic E-state index is 0.00817. The first kappa shape index (κ1) is 22.6. The number of benzene rings is 2. The number of fused-ring (bicyclic) bond motifs is 2. The number of aromatic nitrogens is 1. The number of hydrogen-bond acceptors (Lipinski definition) is 9. The van der Waals surface area contributed by atoms with Crippen molar-refractivity contribution in [3.05, 3.63) is 88.0 Å². The number of pyridine rings is 1. The first-order chi connectivity index (χ1) is 17.3. The number of nitrogens with zero attached hydrogens (tertiary/aromatic N) is 3. The highest BCUT2D eigenvalue weighted by molar-refractivity contribution is 6.36. The molecule has 4 amide bonds. The largest absolute Gasteiger partial charge is 0.465 e. The van der Waals surface area contributed by atoms with Crippen LogP contribution < -0.4 is 9.80 Å². The molecule has 0 fully saturated rings. The van der Waals surface area contributed by atoms with Gasteiger partial charge in [-0.3, -0.25) is 19.2 Å². The Morgan fingerprint density at radius 2 is 1.00 bits per heavy atom. The number of anilines is 2. The van der Waals surface area contributed by atoms with E-state index in [0.717, 1.165) is 9.80 Å². The van der Waals surface area contributed by atoms with Gasteiger partial charge in [-0.1, -0.05) is 6.07 Å². The Morgan fingerprint density at radius 1 is 0.611 bits per heavy atom. The number of carbonyl (C=O) groups is 6. The van der Waals surface area contributed by atoms with E-state index in [-0.39, 0.29) is 45.0 Å². The predicted octanol–water partition coefficient (Wildman–Crippen LogP) is 2.26. The highest BCUT2D eigenvalue weighted by atomic mass is 16.5. The van der Waals surface area contributed by atoms with E-state index in [1.807, 2.05) is 0 Å². The smallest absolute Gasteiger partial charge is 0.337 e. The van der Waals surface area contributed by atoms with Crippen molar-refractivity contribution in [1.82, 2.24) is 4.98 Å². The second-order valence-corrected chi connectivity index (χ2v) is 7.75. The van der Waals surface area contributed by atoms with Crippen LogP contribution in [0.4, 0.5) is 11.6 Å². The Hall–Kier alpha value is -5.19. The van der Waals surface area contributed by atoms with E-state index < -0.39 is 35.6 Å². The Bertz CT molecular complexity index is 1430. The lowest BCUT2D eigenvalue weighted by molar-refractivity contribution is 0.0591. The van der Waals surface area contributed by atoms with Crippen LogP contribution in [0.1, 0.15) is 62.1 Å². The average molecular weight is 485 g/mol. The number of ether oxygens (including phenoxy) is 2. The fourth-order valence-electron chi connectivity index (χ4n) is 4.05. The second-order valence-electron chi connectivity index (χ2n) is 7.75. The molecule has 2 aliphatic heterocycles. The third-order valence-corrected chi connectivity index (χ3v) is 5.79. The summed E-state index contributed by atoms with van der Waals surface area (Å²) in [4.78, 5) is 81.6. The highest BCUT2D eigenvalue weighted by Crippen LogP contribution is 2.32. The standard InChI is InChI=1S/C25H15N3O8/c1-35-24(33)12-6-8-14-16(10-12)22(31)27(20(14)29)18-4-3-5-19(26-18)28-21(30)15-9-7-13(25(34)36-2)11-17(15)23(28)32/h3-11H,1-2H3. The minimum Gasteiger partial charge on any atom is -0.465 e. The zero-order valence-corrected chi connectivity index (χ0v) is 18.8. The van der Waals surface area contributed by atoms with Crippen LogP contribution in [0, 0.1) is 0 Å². The maximum Gasteiger partial charge on any atom is 0.337 e. The molecule has 0 saturated heterocycles. The SMILES string of the molecule is COC(=O)c1ccc2c(c1)C(=O)N(c1cccc(N3C(=O)c4ccc(C(=O)OC)cc4C3=O)n1)C2=O. The predicted molar refractivity (Wildman–Crippen MR) is 122 cm³/mol. The summed E-state index contributed by atoms with van der Waals surface area (Å²) in [7, 11) is 2.39. The molecule has 178 valence electrons. The number of amides is 4. The molecule has 11 heteroatoms. The Labute approximate surface area is 202 Å². The topological polar surface area (TPSA) is 140 Å². The van der Waals surface area contributed by atoms with E-state index >= 15 is 0 Å². The molecule has 0 aliphatic carbocycles. The molecule has 5 rings (SSSR count). The van der Waals surface area contributed by atoms with E-state index in [1.54, 1.807) is 0 Å². The monoisotopic (exact) mass is 485 g/mol. The van der Waals surface area contributed by atoms with Crippen LogP contribution in [0.15, 0.2) is 54.6 Å². The van der Waals surface area contributed by atoms with E-state index in [1.165, 1.54) is 68.8 Å². The molecule has 3 aromatic rings. The summed E-state index contributed by atoms with van der Waals surface area (Å²) in [6.45, 7) is 0. The molecule has 11 nitrogen and oxygen atoms in total. The second kappa shape index (κ2) is 8.24. The van der Waals surface area contributed by atoms with Crippen LogP contribution in [0.25, 0.3) is 0 Å². The molecule has 2 aromatic carbocycles. The summed E-state index contributed by atoms with van der Waals surface area (Å²) in [5, 5.41) is 0. The Morgan fingerprint density at radius 3 is 1.39 bits per heavy atom. The summed E-state index contributed by atoms with van der Waals surface area (Å²) < 4.78 is 9.32. The number of esters is 2. The average Bonchev–Trinajstić information content (AvgIpc) is 3.31. The van der Waals surface area contributed by atoms with Gasteiger partial charge in [-0.05, 0) is 48.5 Å². The van der Waals surface area contributed by atoms with E-state index in [9.17, 15) is 28.8 Å². The van der Waals surface area contributed by atoms with Gasteiger partial charge in [0.05, 0.1) is 47.6 Å². The van der Waals surface area contributed by atoms with Crippen LogP contribution in [-0.4, -0.2) is 54.8 Å². The number of imide groups is 2. The van der Waals surface area contributed by atoms with Gasteiger partial charge in [0.1, 0.15) is 11.6 Å². The van der Waals surface area contributed by atoms with Gasteiger partial charge in [0.15, 0.2) is 0 Å². The van der Waals surface area contributed by atoms with E-state index in [4.69, 9.17) is 0 Å². The minimum atomic E-state index is -0.726. The molecule has 0 radical (unpaired) electrons. The van der Waals surface area contributed by atoms with Gasteiger partial charge in [-0.15, -0.1) is 0 Å². The molecule has 0 saturated carbocycles. The van der Waals surface area contributed by atoms with Crippen LogP contribution in [0.5, 0.6) is 0 Å². The van der Waals surface area contributed by atoms with Gasteiger partial charge >= 0.3 is 11.9 Å². The summed E-state index contributed by atoms with van der Waals surface area (Å²) in [6, 6.07) is 12.1. The van der Waals surface area contributed by atoms with Gasteiger partial charge in [-0.2, -0.15) is 0 Å². The molecular formula is C25H15N3O8. The van der Waals surface area contributed by atoms with Crippen molar-refractivity contribution in [3.63, 3.8) is 0 Å². The highest BCUT2D eigenvalue weighted by Gasteiger charge is 2.41. The van der Waals surface area contributed by atoms with Gasteiger partial charge < -0.3 is 9.47 Å². The molecule has 1 aromatic heterocycles. The maximum atomic E-state index is 13.1. The summed E-state index contributed by atoms with van der Waals surface area (Å²) in [5.41, 5.74) is 0.306. The van der Waals surface area contributed by atoms with E-state index in [0.29, 0.717) is 0 Å². The van der Waals surface area contributed by atoms with Crippen molar-refractivity contribution >= 4 is 47.2 Å². The van der Waals surface area contributed by atoms with Gasteiger partial charge in [0.25, 0.3) is 23.6 Å². The van der Waals surface area contributed by atoms with E-state index in [2.05, 4.69) is 14.5 Å². The van der Waals surface area contributed by atoms with Gasteiger partial charge in [-0.25, -0.2) is 24.4 Å². The third kappa shape index (κ3) is 3.25. The zero-order chi connectivity index (χ0) is 25.7. The van der Waals surface area contributed by atoms with Gasteiger partial charge in [0.2, 0.25) is 0 Å². The van der Waals surface area contributed by atoms with Crippen LogP contribution in [0.2, 0.25) is 0 Å². The summed E-state index contributed by atoms with van der Waals surface area (Å²) in [5.74, 6) is -4.39. The molecule has 36 heavy (non-hydrogen) atoms. The molecule has 2 aliphatic rings. The first-order valence-electron chi connectivity index (χ1n) is 10.5. The lowest BCUT2D eigenvalue weighted by atomic mass is 10.1. The zero-order valence-electron chi connectivity index (χ0n) is 18.8. The van der Waals surface area contributed by atoms with Crippen LogP contribution in [-0.2, 0) is 9.47 Å². The Kier molecular flexibility index (Phi) is 5.17. The lowest BCUT2D eigenvalue weighted by Gasteiger charge is -2.17. The molecule has 0 unspecified atom stereocenters. The molecule has 0 N–H and O–H groups in total. The summed E-state index contributed by atoms with van der Waals surface area (Å²) >= 11 is 0. The molecule has 0 bridgehead atoms. The summed E-state index contributed by atoms with van der Waals surface area (Å²) in [6.07, 6.45) is 0. The normalized spacial score (nSPS) is 14.2. The van der Waals surface area contributed by atoms with Crippen LogP contribution >= 0.6 is 0 Å². The number of carbonyl (C=O) groups excluding carboxylic acids is 6. The van der Waals surface area contributed by atoms with Gasteiger partial charge in [0, 0.05) is 0 Å². The van der Waals surface area contributed by atoms with Crippen molar-refractivity contribution in [2.24, 2.45) is 0 Å². The Balaban J connectivity index is 1.50. The van der Waals surface area contributed by atoms with Crippen molar-refractivity contribution < 1.29 is 38.2 Å². The van der Waals surface area contributed by atoms with Crippen molar-refractivity contribution in [2.75, 3.05) is 24.0 Å². The molecular weight excluding hydrogens is 470 g/mol. The number of rotatable bonds is 4. The van der Waals surface area contributed by atoms with Crippen LogP contribution in [0.3, 0.4) is 0 Å². The number of hydrogen-bond donors (Lipinski definition) is 0. The molecule has 3 heterocycles. The third-order valence-electron chi connectivity index (χ3n) is 5.79. The lowest BCUT2D eigenvalue weighted by Crippen LogP contribution is -2.33. The fourth-order valence-corrected chi connectivity index (χ4v) is 4.05. The van der Waals surface area contributed by atoms with Crippen molar-refractivity contribution in [2.45, 2.75) is 0 Å². The molecule has 0 atom stereocenters. The number of methoxy groups -OCH3 is 2. The van der Waals surface area contributed by atoms with Crippen molar-refractivity contribution in [3.8, 4) is 0 Å².